The number of hydrogen-bond donors (Lipinski definition) is 0. The molecule has 0 spiro atoms. The molecule has 0 bridgehead atoms. The molecule has 0 radical (unpaired) electrons. The van der Waals surface area contributed by atoms with Crippen LogP contribution in [0.1, 0.15) is 26.3 Å². The summed E-state index contributed by atoms with van der Waals surface area (Å²) in [5.74, 6) is 1.50. The number of benzene rings is 3. The average molecular weight is 479 g/mol. The van der Waals surface area contributed by atoms with Gasteiger partial charge in [-0.15, -0.1) is 0 Å². The van der Waals surface area contributed by atoms with Gasteiger partial charge in [0, 0.05) is 15.9 Å². The molecule has 2 unspecified atom stereocenters. The average Bonchev–Trinajstić information content (AvgIpc) is 3.76. The van der Waals surface area contributed by atoms with Crippen LogP contribution in [0.4, 0.5) is 0 Å². The van der Waals surface area contributed by atoms with E-state index in [1.165, 1.54) is 5.56 Å². The smallest absolute Gasteiger partial charge is 0.171 e. The van der Waals surface area contributed by atoms with Crippen LogP contribution in [0, 0.1) is 0 Å². The van der Waals surface area contributed by atoms with Crippen molar-refractivity contribution in [2.24, 2.45) is 0 Å². The molecule has 2 aliphatic heterocycles. The molecule has 2 heterocycles. The van der Waals surface area contributed by atoms with E-state index < -0.39 is 7.14 Å². The highest BCUT2D eigenvalue weighted by Gasteiger charge is 2.31. The summed E-state index contributed by atoms with van der Waals surface area (Å²) in [6.45, 7) is 9.13. The molecule has 2 saturated heterocycles. The van der Waals surface area contributed by atoms with Gasteiger partial charge in [0.1, 0.15) is 36.9 Å². The summed E-state index contributed by atoms with van der Waals surface area (Å²) in [6, 6.07) is 23.4. The first kappa shape index (κ1) is 23.2. The fourth-order valence-corrected chi connectivity index (χ4v) is 6.43. The van der Waals surface area contributed by atoms with Crippen molar-refractivity contribution in [1.82, 2.24) is 0 Å². The summed E-state index contributed by atoms with van der Waals surface area (Å²) in [6.07, 6.45) is 0.388. The first-order valence-electron chi connectivity index (χ1n) is 11.7. The van der Waals surface area contributed by atoms with Crippen molar-refractivity contribution < 1.29 is 23.5 Å². The SMILES string of the molecule is CC(C)(C)c1ccc(P(=O)(c2ccc(OCC3CO3)cc2)c2ccc(OCC3CO3)cc2)cc1. The summed E-state index contributed by atoms with van der Waals surface area (Å²) in [5.41, 5.74) is 1.23. The second-order valence-corrected chi connectivity index (χ2v) is 12.7. The molecule has 2 atom stereocenters. The Bertz CT molecular complexity index is 1090. The first-order valence-corrected chi connectivity index (χ1v) is 13.4. The van der Waals surface area contributed by atoms with E-state index in [0.717, 1.165) is 40.6 Å². The molecule has 0 amide bonds. The number of ether oxygens (including phenoxy) is 4. The lowest BCUT2D eigenvalue weighted by atomic mass is 9.87. The zero-order valence-electron chi connectivity index (χ0n) is 19.9. The summed E-state index contributed by atoms with van der Waals surface area (Å²) in [7, 11) is -3.10. The van der Waals surface area contributed by atoms with Gasteiger partial charge in [0.05, 0.1) is 13.2 Å². The van der Waals surface area contributed by atoms with Crippen LogP contribution in [0.2, 0.25) is 0 Å². The normalized spacial score (nSPS) is 20.9. The third-order valence-electron chi connectivity index (χ3n) is 6.17. The van der Waals surface area contributed by atoms with E-state index in [1.54, 1.807) is 0 Å². The maximum Gasteiger partial charge on any atom is 0.171 e. The third-order valence-corrected chi connectivity index (χ3v) is 9.25. The highest BCUT2D eigenvalue weighted by molar-refractivity contribution is 7.85. The van der Waals surface area contributed by atoms with Crippen molar-refractivity contribution >= 4 is 23.1 Å². The number of hydrogen-bond acceptors (Lipinski definition) is 5. The van der Waals surface area contributed by atoms with Crippen molar-refractivity contribution in [1.29, 1.82) is 0 Å². The minimum absolute atomic E-state index is 0.0248. The lowest BCUT2D eigenvalue weighted by molar-refractivity contribution is 0.263. The maximum absolute atomic E-state index is 14.8. The standard InChI is InChI=1S/C28H31O5P/c1-28(2,3)20-4-10-25(11-5-20)34(29,26-12-6-21(7-13-26)30-16-23-18-32-23)27-14-8-22(9-15-27)31-17-24-19-33-24/h4-15,23-24H,16-19H2,1-3H3. The highest BCUT2D eigenvalue weighted by Crippen LogP contribution is 2.43. The lowest BCUT2D eigenvalue weighted by Gasteiger charge is -2.23. The van der Waals surface area contributed by atoms with Gasteiger partial charge in [-0.2, -0.15) is 0 Å². The molecule has 3 aromatic carbocycles. The van der Waals surface area contributed by atoms with Gasteiger partial charge in [0.2, 0.25) is 0 Å². The zero-order valence-corrected chi connectivity index (χ0v) is 20.8. The van der Waals surface area contributed by atoms with Gasteiger partial charge in [-0.05, 0) is 59.5 Å². The molecule has 178 valence electrons. The third kappa shape index (κ3) is 5.22. The molecule has 0 saturated carbocycles. The predicted octanol–water partition coefficient (Wildman–Crippen LogP) is 4.18. The summed E-state index contributed by atoms with van der Waals surface area (Å²) in [5, 5.41) is 2.35. The van der Waals surface area contributed by atoms with Crippen molar-refractivity contribution in [2.45, 2.75) is 38.4 Å². The van der Waals surface area contributed by atoms with E-state index in [0.29, 0.717) is 13.2 Å². The van der Waals surface area contributed by atoms with Gasteiger partial charge in [-0.3, -0.25) is 0 Å². The summed E-state index contributed by atoms with van der Waals surface area (Å²) < 4.78 is 36.8. The molecule has 0 N–H and O–H groups in total. The molecule has 34 heavy (non-hydrogen) atoms. The van der Waals surface area contributed by atoms with E-state index in [1.807, 2.05) is 60.7 Å². The zero-order chi connectivity index (χ0) is 23.8. The van der Waals surface area contributed by atoms with Gasteiger partial charge in [-0.1, -0.05) is 45.0 Å². The molecular weight excluding hydrogens is 447 g/mol. The van der Waals surface area contributed by atoms with Crippen LogP contribution >= 0.6 is 7.14 Å². The van der Waals surface area contributed by atoms with Crippen molar-refractivity contribution in [3.63, 3.8) is 0 Å². The highest BCUT2D eigenvalue weighted by atomic mass is 31.2. The Hall–Kier alpha value is -2.59. The summed E-state index contributed by atoms with van der Waals surface area (Å²) >= 11 is 0. The Kier molecular flexibility index (Phi) is 6.28. The molecule has 0 aromatic heterocycles. The van der Waals surface area contributed by atoms with Gasteiger partial charge >= 0.3 is 0 Å². The van der Waals surface area contributed by atoms with Gasteiger partial charge in [-0.25, -0.2) is 0 Å². The van der Waals surface area contributed by atoms with Crippen LogP contribution in [-0.4, -0.2) is 38.6 Å². The van der Waals surface area contributed by atoms with Crippen LogP contribution in [0.5, 0.6) is 11.5 Å². The number of epoxide rings is 2. The lowest BCUT2D eigenvalue weighted by Crippen LogP contribution is -2.25. The number of rotatable bonds is 9. The monoisotopic (exact) mass is 478 g/mol. The van der Waals surface area contributed by atoms with Gasteiger partial charge < -0.3 is 23.5 Å². The van der Waals surface area contributed by atoms with Crippen LogP contribution < -0.4 is 25.4 Å². The largest absolute Gasteiger partial charge is 0.491 e. The topological polar surface area (TPSA) is 60.6 Å². The minimum atomic E-state index is -3.10. The Balaban J connectivity index is 1.47. The second kappa shape index (κ2) is 9.22. The molecule has 3 aromatic rings. The Morgan fingerprint density at radius 1 is 0.706 bits per heavy atom. The van der Waals surface area contributed by atoms with E-state index in [9.17, 15) is 4.57 Å². The van der Waals surface area contributed by atoms with Crippen LogP contribution in [0.25, 0.3) is 0 Å². The first-order chi connectivity index (χ1) is 16.3. The minimum Gasteiger partial charge on any atom is -0.491 e. The van der Waals surface area contributed by atoms with E-state index in [-0.39, 0.29) is 17.6 Å². The Morgan fingerprint density at radius 3 is 1.38 bits per heavy atom. The van der Waals surface area contributed by atoms with Gasteiger partial charge in [0.15, 0.2) is 7.14 Å². The van der Waals surface area contributed by atoms with E-state index in [2.05, 4.69) is 32.9 Å². The predicted molar refractivity (Wildman–Crippen MR) is 135 cm³/mol. The Morgan fingerprint density at radius 2 is 1.06 bits per heavy atom. The quantitative estimate of drug-likeness (QED) is 0.341. The van der Waals surface area contributed by atoms with Crippen molar-refractivity contribution in [2.75, 3.05) is 26.4 Å². The molecule has 6 heteroatoms. The molecule has 5 nitrogen and oxygen atoms in total. The molecule has 5 rings (SSSR count). The molecular formula is C28H31O5P. The maximum atomic E-state index is 14.8. The fourth-order valence-electron chi connectivity index (χ4n) is 3.83. The van der Waals surface area contributed by atoms with Crippen molar-refractivity contribution in [3.05, 3.63) is 78.4 Å². The van der Waals surface area contributed by atoms with E-state index in [4.69, 9.17) is 18.9 Å². The van der Waals surface area contributed by atoms with Crippen LogP contribution in [-0.2, 0) is 19.5 Å². The van der Waals surface area contributed by atoms with E-state index >= 15 is 0 Å². The molecule has 2 aliphatic rings. The van der Waals surface area contributed by atoms with Gasteiger partial charge in [0.25, 0.3) is 0 Å². The molecule has 0 aliphatic carbocycles. The molecule has 2 fully saturated rings. The summed E-state index contributed by atoms with van der Waals surface area (Å²) in [4.78, 5) is 0. The second-order valence-electron chi connectivity index (χ2n) is 9.93. The van der Waals surface area contributed by atoms with Crippen LogP contribution in [0.15, 0.2) is 72.8 Å². The van der Waals surface area contributed by atoms with Crippen LogP contribution in [0.3, 0.4) is 0 Å². The van der Waals surface area contributed by atoms with Crippen molar-refractivity contribution in [3.8, 4) is 11.5 Å². The Labute approximate surface area is 201 Å². The fraction of sp³-hybridized carbons (Fsp3) is 0.357.